The number of para-hydroxylation sites is 1. The van der Waals surface area contributed by atoms with Gasteiger partial charge in [-0.2, -0.15) is 0 Å². The highest BCUT2D eigenvalue weighted by Crippen LogP contribution is 2.35. The number of urea groups is 1. The molecule has 0 radical (unpaired) electrons. The molecule has 4 rings (SSSR count). The van der Waals surface area contributed by atoms with Crippen LogP contribution in [0.5, 0.6) is 5.75 Å². The fourth-order valence-electron chi connectivity index (χ4n) is 3.05. The summed E-state index contributed by atoms with van der Waals surface area (Å²) in [5.41, 5.74) is 8.85. The van der Waals surface area contributed by atoms with Crippen LogP contribution < -0.4 is 16.0 Å². The number of nitrogens with zero attached hydrogens (tertiary/aromatic N) is 2. The summed E-state index contributed by atoms with van der Waals surface area (Å²) >= 11 is 0. The van der Waals surface area contributed by atoms with E-state index in [1.54, 1.807) is 42.6 Å². The lowest BCUT2D eigenvalue weighted by molar-refractivity contribution is 0.259. The summed E-state index contributed by atoms with van der Waals surface area (Å²) in [5.74, 6) is -0.242. The summed E-state index contributed by atoms with van der Waals surface area (Å²) in [6, 6.07) is 14.8. The number of aromatic amines is 1. The molecule has 2 heterocycles. The van der Waals surface area contributed by atoms with Crippen LogP contribution in [0, 0.1) is 5.41 Å². The minimum absolute atomic E-state index is 0.102. The molecule has 2 aromatic carbocycles. The van der Waals surface area contributed by atoms with Crippen molar-refractivity contribution in [2.45, 2.75) is 0 Å². The van der Waals surface area contributed by atoms with Crippen LogP contribution in [0.25, 0.3) is 0 Å². The van der Waals surface area contributed by atoms with Gasteiger partial charge in [0.05, 0.1) is 22.8 Å². The van der Waals surface area contributed by atoms with Gasteiger partial charge in [0, 0.05) is 11.8 Å². The number of benzene rings is 2. The number of H-pyrrole nitrogens is 1. The molecule has 0 bridgehead atoms. The number of nitrogens with two attached hydrogens (primary N) is 1. The number of nitrogens with one attached hydrogen (secondary N) is 3. The van der Waals surface area contributed by atoms with Gasteiger partial charge >= 0.3 is 6.03 Å². The second-order valence-electron chi connectivity index (χ2n) is 5.91. The van der Waals surface area contributed by atoms with Crippen molar-refractivity contribution in [2.75, 3.05) is 10.2 Å². The van der Waals surface area contributed by atoms with Crippen LogP contribution >= 0.6 is 0 Å². The van der Waals surface area contributed by atoms with Crippen LogP contribution in [0.3, 0.4) is 0 Å². The van der Waals surface area contributed by atoms with Gasteiger partial charge in [0.2, 0.25) is 5.96 Å². The van der Waals surface area contributed by atoms with E-state index in [0.717, 1.165) is 0 Å². The van der Waals surface area contributed by atoms with Gasteiger partial charge in [0.1, 0.15) is 11.5 Å². The smallest absolute Gasteiger partial charge is 0.331 e. The van der Waals surface area contributed by atoms with Crippen molar-refractivity contribution in [3.8, 4) is 5.75 Å². The van der Waals surface area contributed by atoms with E-state index in [4.69, 9.17) is 11.1 Å². The Kier molecular flexibility index (Phi) is 3.85. The number of guanidine groups is 1. The standard InChI is InChI=1S/C19H16N6O2/c20-18(21)24-16-13-3-1-2-4-14(13)23-19(27)25(15-9-10-22-17(15)16)11-5-7-12(26)8-6-11/h1-10,22,26H,(H3,20,21)(H,23,27)/b24-16-. The zero-order chi connectivity index (χ0) is 19.0. The number of phenolic OH excluding ortho intramolecular Hbond substituents is 1. The molecule has 0 fully saturated rings. The summed E-state index contributed by atoms with van der Waals surface area (Å²) in [6.45, 7) is 0. The molecule has 8 nitrogen and oxygen atoms in total. The number of fused-ring (bicyclic) bond motifs is 2. The van der Waals surface area contributed by atoms with Crippen molar-refractivity contribution in [3.05, 3.63) is 72.1 Å². The Morgan fingerprint density at radius 1 is 1.11 bits per heavy atom. The number of carbonyl (C=O) groups excluding carboxylic acids is 1. The molecule has 0 unspecified atom stereocenters. The third-order valence-electron chi connectivity index (χ3n) is 4.17. The Labute approximate surface area is 154 Å². The average molecular weight is 360 g/mol. The number of anilines is 3. The normalized spacial score (nSPS) is 14.7. The SMILES string of the molecule is N=C(N)/N=C1/c2ccccc2NC(=O)N(c2ccc(O)cc2)c2cc[nH]c21. The highest BCUT2D eigenvalue weighted by Gasteiger charge is 2.29. The van der Waals surface area contributed by atoms with E-state index in [9.17, 15) is 9.90 Å². The summed E-state index contributed by atoms with van der Waals surface area (Å²) in [6.07, 6.45) is 1.69. The summed E-state index contributed by atoms with van der Waals surface area (Å²) in [5, 5.41) is 20.1. The summed E-state index contributed by atoms with van der Waals surface area (Å²) in [4.78, 5) is 21.8. The van der Waals surface area contributed by atoms with E-state index in [0.29, 0.717) is 34.0 Å². The maximum absolute atomic E-state index is 13.0. The second kappa shape index (κ2) is 6.34. The predicted molar refractivity (Wildman–Crippen MR) is 104 cm³/mol. The molecule has 0 spiro atoms. The van der Waals surface area contributed by atoms with Crippen LogP contribution in [-0.2, 0) is 0 Å². The van der Waals surface area contributed by atoms with Crippen molar-refractivity contribution in [3.63, 3.8) is 0 Å². The predicted octanol–water partition coefficient (Wildman–Crippen LogP) is 3.13. The maximum atomic E-state index is 13.0. The quantitative estimate of drug-likeness (QED) is 0.337. The van der Waals surface area contributed by atoms with Gasteiger partial charge in [0.25, 0.3) is 0 Å². The number of aliphatic imine (C=N–C) groups is 1. The minimum atomic E-state index is -0.365. The summed E-state index contributed by atoms with van der Waals surface area (Å²) < 4.78 is 0. The van der Waals surface area contributed by atoms with Gasteiger partial charge in [-0.25, -0.2) is 9.79 Å². The fourth-order valence-corrected chi connectivity index (χ4v) is 3.05. The number of amides is 2. The molecular weight excluding hydrogens is 344 g/mol. The van der Waals surface area contributed by atoms with Crippen LogP contribution in [-0.4, -0.2) is 27.8 Å². The third-order valence-corrected chi connectivity index (χ3v) is 4.17. The minimum Gasteiger partial charge on any atom is -0.508 e. The number of rotatable bonds is 1. The van der Waals surface area contributed by atoms with Crippen LogP contribution in [0.1, 0.15) is 11.3 Å². The molecule has 2 amide bonds. The van der Waals surface area contributed by atoms with Crippen molar-refractivity contribution in [1.29, 1.82) is 5.41 Å². The first kappa shape index (κ1) is 16.4. The molecule has 1 aliphatic heterocycles. The first-order valence-electron chi connectivity index (χ1n) is 8.14. The Bertz CT molecular complexity index is 1070. The summed E-state index contributed by atoms with van der Waals surface area (Å²) in [7, 11) is 0. The van der Waals surface area contributed by atoms with E-state index >= 15 is 0 Å². The van der Waals surface area contributed by atoms with Gasteiger partial charge in [-0.15, -0.1) is 0 Å². The van der Waals surface area contributed by atoms with Crippen LogP contribution in [0.4, 0.5) is 21.9 Å². The Hall–Kier alpha value is -4.07. The molecule has 0 saturated heterocycles. The average Bonchev–Trinajstić information content (AvgIpc) is 3.10. The van der Waals surface area contributed by atoms with E-state index in [2.05, 4.69) is 15.3 Å². The van der Waals surface area contributed by atoms with Crippen LogP contribution in [0.15, 0.2) is 65.8 Å². The van der Waals surface area contributed by atoms with Crippen molar-refractivity contribution < 1.29 is 9.90 Å². The highest BCUT2D eigenvalue weighted by molar-refractivity contribution is 6.25. The molecule has 134 valence electrons. The fraction of sp³-hybridized carbons (Fsp3) is 0. The van der Waals surface area contributed by atoms with Gasteiger partial charge in [-0.1, -0.05) is 18.2 Å². The van der Waals surface area contributed by atoms with Gasteiger partial charge < -0.3 is 21.1 Å². The molecule has 6 N–H and O–H groups in total. The second-order valence-corrected chi connectivity index (χ2v) is 5.91. The number of carbonyl (C=O) groups is 1. The van der Waals surface area contributed by atoms with Gasteiger partial charge in [-0.3, -0.25) is 10.3 Å². The van der Waals surface area contributed by atoms with Crippen molar-refractivity contribution in [1.82, 2.24) is 4.98 Å². The van der Waals surface area contributed by atoms with Crippen molar-refractivity contribution >= 4 is 34.8 Å². The molecule has 1 aliphatic rings. The molecular formula is C19H16N6O2. The molecule has 0 aliphatic carbocycles. The van der Waals surface area contributed by atoms with Crippen LogP contribution in [0.2, 0.25) is 0 Å². The maximum Gasteiger partial charge on any atom is 0.331 e. The largest absolute Gasteiger partial charge is 0.508 e. The number of aromatic hydroxyl groups is 1. The topological polar surface area (TPSA) is 131 Å². The first-order valence-corrected chi connectivity index (χ1v) is 8.14. The zero-order valence-electron chi connectivity index (χ0n) is 14.1. The molecule has 1 aromatic heterocycles. The van der Waals surface area contributed by atoms with E-state index in [1.807, 2.05) is 6.07 Å². The lowest BCUT2D eigenvalue weighted by Gasteiger charge is -2.27. The molecule has 0 atom stereocenters. The number of hydrogen-bond acceptors (Lipinski definition) is 3. The van der Waals surface area contributed by atoms with Gasteiger partial charge in [0.15, 0.2) is 0 Å². The number of hydrogen-bond donors (Lipinski definition) is 5. The Morgan fingerprint density at radius 3 is 2.59 bits per heavy atom. The van der Waals surface area contributed by atoms with Crippen molar-refractivity contribution in [2.24, 2.45) is 10.7 Å². The third kappa shape index (κ3) is 2.89. The highest BCUT2D eigenvalue weighted by atomic mass is 16.3. The monoisotopic (exact) mass is 360 g/mol. The molecule has 27 heavy (non-hydrogen) atoms. The van der Waals surface area contributed by atoms with Gasteiger partial charge in [-0.05, 0) is 36.4 Å². The molecule has 8 heteroatoms. The first-order chi connectivity index (χ1) is 13.0. The Balaban J connectivity index is 1.97. The van der Waals surface area contributed by atoms with E-state index in [1.165, 1.54) is 17.0 Å². The lowest BCUT2D eigenvalue weighted by Crippen LogP contribution is -2.34. The molecule has 0 saturated carbocycles. The lowest BCUT2D eigenvalue weighted by atomic mass is 10.0. The number of phenols is 1. The Morgan fingerprint density at radius 2 is 1.85 bits per heavy atom. The number of aromatic nitrogens is 1. The van der Waals surface area contributed by atoms with E-state index < -0.39 is 0 Å². The van der Waals surface area contributed by atoms with E-state index in [-0.39, 0.29) is 17.7 Å². The zero-order valence-corrected chi connectivity index (χ0v) is 14.1. The molecule has 3 aromatic rings.